The molecular weight excluding hydrogens is 593 g/mol. The summed E-state index contributed by atoms with van der Waals surface area (Å²) in [5, 5.41) is 6.74. The molecule has 49 heavy (non-hydrogen) atoms. The fraction of sp³-hybridized carbons (Fsp3) is 0.156. The summed E-state index contributed by atoms with van der Waals surface area (Å²) in [6, 6.07) is 42.0. The van der Waals surface area contributed by atoms with Crippen LogP contribution < -0.4 is 16.4 Å². The van der Waals surface area contributed by atoms with E-state index >= 15 is 0 Å². The number of benzene rings is 6. The number of aromatic nitrogens is 3. The van der Waals surface area contributed by atoms with Crippen LogP contribution in [0, 0.1) is 0 Å². The fourth-order valence-corrected chi connectivity index (χ4v) is 11.5. The van der Waals surface area contributed by atoms with Gasteiger partial charge in [-0.3, -0.25) is 8.97 Å². The second kappa shape index (κ2) is 7.71. The third-order valence-corrected chi connectivity index (χ3v) is 12.9. The zero-order valence-electron chi connectivity index (χ0n) is 28.0. The van der Waals surface area contributed by atoms with Crippen molar-refractivity contribution in [1.29, 1.82) is 0 Å². The third-order valence-electron chi connectivity index (χ3n) is 12.9. The van der Waals surface area contributed by atoms with Gasteiger partial charge in [-0.2, -0.15) is 0 Å². The topological polar surface area (TPSA) is 13.8 Å². The number of hydrogen-bond acceptors (Lipinski definition) is 0. The molecule has 0 spiro atoms. The Balaban J connectivity index is 1.34. The highest BCUT2D eigenvalue weighted by molar-refractivity contribution is 7.02. The SMILES string of the molecule is CC1(C)CC(C)(C)c2cc3c(cc21)B1c2c-3cc3c(c2-n2c4ccccc4n4c5ccccc5c1c24)c1cccc2c4ccccc4n3c21. The van der Waals surface area contributed by atoms with E-state index in [9.17, 15) is 0 Å². The zero-order chi connectivity index (χ0) is 32.3. The molecule has 3 nitrogen and oxygen atoms in total. The summed E-state index contributed by atoms with van der Waals surface area (Å²) in [5.74, 6) is 0. The fourth-order valence-electron chi connectivity index (χ4n) is 11.5. The van der Waals surface area contributed by atoms with Crippen molar-refractivity contribution in [1.82, 2.24) is 13.4 Å². The second-order valence-corrected chi connectivity index (χ2v) is 16.4. The molecule has 0 fully saturated rings. The zero-order valence-corrected chi connectivity index (χ0v) is 28.0. The molecule has 6 aromatic carbocycles. The molecule has 3 aliphatic rings. The van der Waals surface area contributed by atoms with Gasteiger partial charge in [-0.1, -0.05) is 112 Å². The van der Waals surface area contributed by atoms with E-state index in [1.54, 1.807) is 0 Å². The van der Waals surface area contributed by atoms with Crippen LogP contribution in [-0.2, 0) is 10.8 Å². The average Bonchev–Trinajstić information content (AvgIpc) is 3.90. The predicted molar refractivity (Wildman–Crippen MR) is 207 cm³/mol. The Morgan fingerprint density at radius 1 is 0.531 bits per heavy atom. The number of hydrogen-bond donors (Lipinski definition) is 0. The van der Waals surface area contributed by atoms with E-state index in [4.69, 9.17) is 0 Å². The maximum atomic E-state index is 2.65. The Kier molecular flexibility index (Phi) is 4.02. The maximum Gasteiger partial charge on any atom is 0.251 e. The van der Waals surface area contributed by atoms with Crippen LogP contribution >= 0.6 is 0 Å². The van der Waals surface area contributed by atoms with Gasteiger partial charge in [0.15, 0.2) is 0 Å². The van der Waals surface area contributed by atoms with Gasteiger partial charge in [0.1, 0.15) is 5.65 Å². The molecule has 2 aliphatic heterocycles. The molecule has 4 heteroatoms. The number of para-hydroxylation sites is 5. The summed E-state index contributed by atoms with van der Waals surface area (Å²) < 4.78 is 7.79. The van der Waals surface area contributed by atoms with Gasteiger partial charge in [0.25, 0.3) is 6.71 Å². The van der Waals surface area contributed by atoms with Crippen molar-refractivity contribution in [3.63, 3.8) is 0 Å². The van der Waals surface area contributed by atoms with Crippen LogP contribution in [0.25, 0.3) is 82.5 Å². The minimum absolute atomic E-state index is 0.127. The monoisotopic (exact) mass is 625 g/mol. The molecule has 10 aromatic rings. The average molecular weight is 626 g/mol. The lowest BCUT2D eigenvalue weighted by Gasteiger charge is -2.25. The maximum absolute atomic E-state index is 2.65. The molecule has 230 valence electrons. The van der Waals surface area contributed by atoms with Gasteiger partial charge >= 0.3 is 0 Å². The predicted octanol–water partition coefficient (Wildman–Crippen LogP) is 8.96. The first kappa shape index (κ1) is 25.5. The van der Waals surface area contributed by atoms with Crippen molar-refractivity contribution in [2.45, 2.75) is 44.9 Å². The van der Waals surface area contributed by atoms with Gasteiger partial charge in [0.2, 0.25) is 0 Å². The Bertz CT molecular complexity index is 3200. The van der Waals surface area contributed by atoms with Crippen LogP contribution in [0.4, 0.5) is 0 Å². The molecule has 6 heterocycles. The first-order valence-electron chi connectivity index (χ1n) is 17.8. The number of imidazole rings is 1. The smallest absolute Gasteiger partial charge is 0.251 e. The van der Waals surface area contributed by atoms with Crippen LogP contribution in [0.1, 0.15) is 45.2 Å². The van der Waals surface area contributed by atoms with E-state index in [0.717, 1.165) is 0 Å². The minimum atomic E-state index is 0.127. The molecule has 1 aliphatic carbocycles. The van der Waals surface area contributed by atoms with E-state index in [2.05, 4.69) is 150 Å². The van der Waals surface area contributed by atoms with Gasteiger partial charge in [0.05, 0.1) is 38.8 Å². The molecule has 0 unspecified atom stereocenters. The van der Waals surface area contributed by atoms with E-state index in [1.807, 2.05) is 0 Å². The molecule has 0 bridgehead atoms. The summed E-state index contributed by atoms with van der Waals surface area (Å²) in [7, 11) is 0. The highest BCUT2D eigenvalue weighted by Crippen LogP contribution is 2.52. The molecule has 13 rings (SSSR count). The van der Waals surface area contributed by atoms with Gasteiger partial charge in [-0.25, -0.2) is 0 Å². The van der Waals surface area contributed by atoms with Crippen molar-refractivity contribution < 1.29 is 0 Å². The normalized spacial score (nSPS) is 16.8. The summed E-state index contributed by atoms with van der Waals surface area (Å²) in [4.78, 5) is 0. The van der Waals surface area contributed by atoms with Gasteiger partial charge < -0.3 is 4.40 Å². The van der Waals surface area contributed by atoms with Crippen LogP contribution in [0.2, 0.25) is 0 Å². The van der Waals surface area contributed by atoms with Crippen LogP contribution in [0.15, 0.2) is 109 Å². The van der Waals surface area contributed by atoms with Crippen LogP contribution in [-0.4, -0.2) is 20.1 Å². The van der Waals surface area contributed by atoms with Crippen molar-refractivity contribution in [3.05, 3.63) is 120 Å². The summed E-state index contributed by atoms with van der Waals surface area (Å²) in [6.07, 6.45) is 1.17. The number of fused-ring (bicyclic) bond motifs is 19. The van der Waals surface area contributed by atoms with Crippen molar-refractivity contribution in [2.24, 2.45) is 0 Å². The molecule has 0 saturated heterocycles. The van der Waals surface area contributed by atoms with Crippen LogP contribution in [0.3, 0.4) is 0 Å². The van der Waals surface area contributed by atoms with Crippen molar-refractivity contribution in [3.8, 4) is 16.8 Å². The Morgan fingerprint density at radius 2 is 1.16 bits per heavy atom. The molecule has 0 atom stereocenters. The lowest BCUT2D eigenvalue weighted by Crippen LogP contribution is -2.53. The largest absolute Gasteiger partial charge is 0.308 e. The quantitative estimate of drug-likeness (QED) is 0.149. The summed E-state index contributed by atoms with van der Waals surface area (Å²) >= 11 is 0. The van der Waals surface area contributed by atoms with Crippen molar-refractivity contribution >= 4 is 88.8 Å². The molecule has 0 saturated carbocycles. The molecule has 0 amide bonds. The second-order valence-electron chi connectivity index (χ2n) is 16.4. The summed E-state index contributed by atoms with van der Waals surface area (Å²) in [5.41, 5.74) is 21.0. The first-order chi connectivity index (χ1) is 23.8. The Hall–Kier alpha value is -5.48. The van der Waals surface area contributed by atoms with E-state index < -0.39 is 0 Å². The van der Waals surface area contributed by atoms with E-state index in [-0.39, 0.29) is 17.5 Å². The minimum Gasteiger partial charge on any atom is -0.308 e. The van der Waals surface area contributed by atoms with Gasteiger partial charge in [-0.05, 0) is 86.1 Å². The Labute approximate surface area is 283 Å². The highest BCUT2D eigenvalue weighted by Gasteiger charge is 2.48. The van der Waals surface area contributed by atoms with Gasteiger partial charge in [0, 0.05) is 21.5 Å². The van der Waals surface area contributed by atoms with E-state index in [1.165, 1.54) is 116 Å². The first-order valence-corrected chi connectivity index (χ1v) is 17.8. The number of nitrogens with zero attached hydrogens (tertiary/aromatic N) is 3. The lowest BCUT2D eigenvalue weighted by atomic mass is 9.37. The number of rotatable bonds is 0. The van der Waals surface area contributed by atoms with Gasteiger partial charge in [-0.15, -0.1) is 0 Å². The Morgan fingerprint density at radius 3 is 1.96 bits per heavy atom. The standard InChI is InChI=1S/C45H32BN3/c1-44(2)23-45(3,4)31-22-32-28(20-30(31)44)29-21-37-38(27-15-11-14-25-24-12-5-7-16-33(24)47(37)41(25)27)42-39(29)46(32)40-26-13-6-8-17-34(26)48-35-18-9-10-19-36(35)49(42)43(40)48/h5-22H,23H2,1-4H3. The molecule has 0 radical (unpaired) electrons. The van der Waals surface area contributed by atoms with E-state index in [0.29, 0.717) is 0 Å². The molecule has 0 N–H and O–H groups in total. The van der Waals surface area contributed by atoms with Crippen LogP contribution in [0.5, 0.6) is 0 Å². The lowest BCUT2D eigenvalue weighted by molar-refractivity contribution is 0.403. The molecular formula is C45H32BN3. The summed E-state index contributed by atoms with van der Waals surface area (Å²) in [6.45, 7) is 9.99. The highest BCUT2D eigenvalue weighted by atomic mass is 15.1. The molecule has 4 aromatic heterocycles. The van der Waals surface area contributed by atoms with Crippen molar-refractivity contribution in [2.75, 3.05) is 0 Å². The third kappa shape index (κ3) is 2.61.